The molecular weight excluding hydrogens is 396 g/mol. The van der Waals surface area contributed by atoms with Crippen LogP contribution in [0, 0.1) is 6.92 Å². The van der Waals surface area contributed by atoms with Crippen molar-refractivity contribution in [1.29, 1.82) is 0 Å². The van der Waals surface area contributed by atoms with E-state index < -0.39 is 5.72 Å². The van der Waals surface area contributed by atoms with Crippen molar-refractivity contribution >= 4 is 17.4 Å². The number of aryl methyl sites for hydroxylation is 1. The minimum absolute atomic E-state index is 0.0236. The van der Waals surface area contributed by atoms with Crippen LogP contribution in [0.4, 0.5) is 0 Å². The minimum Gasteiger partial charge on any atom is -0.466 e. The summed E-state index contributed by atoms with van der Waals surface area (Å²) in [6.07, 6.45) is 9.68. The molecule has 0 radical (unpaired) electrons. The van der Waals surface area contributed by atoms with Crippen LogP contribution in [0.15, 0.2) is 40.2 Å². The van der Waals surface area contributed by atoms with Gasteiger partial charge in [-0.15, -0.1) is 0 Å². The van der Waals surface area contributed by atoms with Crippen LogP contribution >= 0.6 is 11.3 Å². The van der Waals surface area contributed by atoms with Gasteiger partial charge in [0, 0.05) is 23.7 Å². The maximum atomic E-state index is 13.4. The van der Waals surface area contributed by atoms with E-state index >= 15 is 0 Å². The lowest BCUT2D eigenvalue weighted by Crippen LogP contribution is -2.49. The van der Waals surface area contributed by atoms with Gasteiger partial charge < -0.3 is 4.74 Å². The van der Waals surface area contributed by atoms with Crippen LogP contribution in [0.1, 0.15) is 67.9 Å². The Morgan fingerprint density at radius 2 is 2.07 bits per heavy atom. The minimum atomic E-state index is -0.628. The molecule has 6 rings (SSSR count). The summed E-state index contributed by atoms with van der Waals surface area (Å²) in [6, 6.07) is 8.43. The zero-order chi connectivity index (χ0) is 20.5. The zero-order valence-corrected chi connectivity index (χ0v) is 18.0. The highest BCUT2D eigenvalue weighted by atomic mass is 32.1. The molecule has 4 heterocycles. The first-order chi connectivity index (χ1) is 14.5. The van der Waals surface area contributed by atoms with Crippen LogP contribution in [-0.2, 0) is 0 Å². The van der Waals surface area contributed by atoms with Gasteiger partial charge in [-0.3, -0.25) is 14.0 Å². The molecule has 0 unspecified atom stereocenters. The van der Waals surface area contributed by atoms with Gasteiger partial charge in [0.05, 0.1) is 22.3 Å². The van der Waals surface area contributed by atoms with Crippen molar-refractivity contribution in [3.05, 3.63) is 67.0 Å². The summed E-state index contributed by atoms with van der Waals surface area (Å²) >= 11 is 1.45. The van der Waals surface area contributed by atoms with E-state index in [0.717, 1.165) is 27.4 Å². The van der Waals surface area contributed by atoms with Gasteiger partial charge in [0.15, 0.2) is 4.80 Å². The lowest BCUT2D eigenvalue weighted by atomic mass is 9.93. The number of nitrogens with zero attached hydrogens (tertiary/aromatic N) is 4. The topological polar surface area (TPSA) is 61.4 Å². The number of aromatic nitrogens is 3. The Morgan fingerprint density at radius 1 is 1.27 bits per heavy atom. The van der Waals surface area contributed by atoms with Gasteiger partial charge in [-0.1, -0.05) is 42.4 Å². The van der Waals surface area contributed by atoms with E-state index in [9.17, 15) is 4.79 Å². The first-order valence-electron chi connectivity index (χ1n) is 10.7. The second-order valence-electron chi connectivity index (χ2n) is 8.80. The van der Waals surface area contributed by atoms with Crippen LogP contribution in [0.5, 0.6) is 5.75 Å². The number of benzene rings is 1. The van der Waals surface area contributed by atoms with Crippen molar-refractivity contribution < 1.29 is 4.74 Å². The van der Waals surface area contributed by atoms with Crippen LogP contribution in [0.25, 0.3) is 6.08 Å². The molecule has 3 aliphatic rings. The number of thiazole rings is 1. The summed E-state index contributed by atoms with van der Waals surface area (Å²) in [5, 5.41) is 4.73. The fraction of sp³-hybridized carbons (Fsp3) is 0.435. The Bertz CT molecular complexity index is 1330. The van der Waals surface area contributed by atoms with Gasteiger partial charge in [0.1, 0.15) is 5.75 Å². The van der Waals surface area contributed by atoms with Gasteiger partial charge in [-0.05, 0) is 38.8 Å². The van der Waals surface area contributed by atoms with Crippen molar-refractivity contribution in [3.8, 4) is 5.75 Å². The third-order valence-electron chi connectivity index (χ3n) is 6.60. The molecule has 1 fully saturated rings. The maximum Gasteiger partial charge on any atom is 0.270 e. The third-order valence-corrected chi connectivity index (χ3v) is 7.58. The number of ether oxygens (including phenoxy) is 1. The molecule has 0 amide bonds. The number of hydrogen-bond donors (Lipinski definition) is 0. The Hall–Kier alpha value is -2.67. The molecular formula is C23H24N4O2S. The van der Waals surface area contributed by atoms with Gasteiger partial charge in [0.25, 0.3) is 5.56 Å². The molecule has 6 nitrogen and oxygen atoms in total. The summed E-state index contributed by atoms with van der Waals surface area (Å²) in [5.41, 5.74) is 2.44. The largest absolute Gasteiger partial charge is 0.466 e. The van der Waals surface area contributed by atoms with Gasteiger partial charge in [0.2, 0.25) is 5.72 Å². The molecule has 1 aliphatic carbocycles. The van der Waals surface area contributed by atoms with E-state index in [1.54, 1.807) is 0 Å². The standard InChI is InChI=1S/C23H24N4O2S/c1-14-15(13-26(25-14)16-7-3-4-8-16)11-20-21(28)27-18-12-23(2,24-22(27)30-20)29-19-10-6-5-9-17(18)19/h5-6,9-11,13,16,18H,3-4,7-8,12H2,1-2H3/b20-11-/t18-,23+/m0/s1. The summed E-state index contributed by atoms with van der Waals surface area (Å²) in [6.45, 7) is 4.02. The Kier molecular flexibility index (Phi) is 3.87. The van der Waals surface area contributed by atoms with E-state index in [2.05, 4.69) is 16.9 Å². The Balaban J connectivity index is 1.49. The zero-order valence-electron chi connectivity index (χ0n) is 17.2. The highest BCUT2D eigenvalue weighted by molar-refractivity contribution is 7.07. The van der Waals surface area contributed by atoms with Crippen molar-refractivity contribution in [2.24, 2.45) is 4.99 Å². The second-order valence-corrected chi connectivity index (χ2v) is 9.81. The van der Waals surface area contributed by atoms with Gasteiger partial charge in [-0.25, -0.2) is 4.99 Å². The number of para-hydroxylation sites is 1. The molecule has 154 valence electrons. The van der Waals surface area contributed by atoms with E-state index in [0.29, 0.717) is 17.0 Å². The van der Waals surface area contributed by atoms with E-state index in [1.807, 2.05) is 42.7 Å². The van der Waals surface area contributed by atoms with Gasteiger partial charge >= 0.3 is 0 Å². The van der Waals surface area contributed by atoms with Crippen molar-refractivity contribution in [1.82, 2.24) is 14.3 Å². The van der Waals surface area contributed by atoms with E-state index in [4.69, 9.17) is 14.8 Å². The molecule has 0 saturated heterocycles. The van der Waals surface area contributed by atoms with E-state index in [-0.39, 0.29) is 11.6 Å². The molecule has 3 aromatic rings. The third kappa shape index (κ3) is 2.71. The molecule has 30 heavy (non-hydrogen) atoms. The maximum absolute atomic E-state index is 13.4. The van der Waals surface area contributed by atoms with Crippen LogP contribution in [-0.4, -0.2) is 20.1 Å². The average Bonchev–Trinajstić information content (AvgIpc) is 3.42. The Labute approximate surface area is 178 Å². The smallest absolute Gasteiger partial charge is 0.270 e. The first kappa shape index (κ1) is 18.1. The first-order valence-corrected chi connectivity index (χ1v) is 11.5. The molecule has 2 bridgehead atoms. The van der Waals surface area contributed by atoms with Crippen LogP contribution in [0.3, 0.4) is 0 Å². The normalized spacial score (nSPS) is 25.5. The fourth-order valence-electron chi connectivity index (χ4n) is 5.07. The second kappa shape index (κ2) is 6.41. The molecule has 2 atom stereocenters. The number of rotatable bonds is 2. The van der Waals surface area contributed by atoms with E-state index in [1.165, 1.54) is 37.0 Å². The monoisotopic (exact) mass is 420 g/mol. The molecule has 0 N–H and O–H groups in total. The average molecular weight is 421 g/mol. The van der Waals surface area contributed by atoms with Crippen molar-refractivity contribution in [2.45, 2.75) is 63.8 Å². The van der Waals surface area contributed by atoms with Gasteiger partial charge in [-0.2, -0.15) is 5.10 Å². The van der Waals surface area contributed by atoms with Crippen LogP contribution < -0.4 is 19.6 Å². The van der Waals surface area contributed by atoms with Crippen molar-refractivity contribution in [2.75, 3.05) is 0 Å². The number of hydrogen-bond acceptors (Lipinski definition) is 5. The fourth-order valence-corrected chi connectivity index (χ4v) is 6.19. The SMILES string of the molecule is Cc1nn(C2CCCC2)cc1/C=c1\sc2n(c1=O)[C@H]1C[C@](C)(N=2)Oc2ccccc21. The number of fused-ring (bicyclic) bond motifs is 6. The summed E-state index contributed by atoms with van der Waals surface area (Å²) in [4.78, 5) is 19.0. The lowest BCUT2D eigenvalue weighted by Gasteiger charge is -2.39. The highest BCUT2D eigenvalue weighted by Crippen LogP contribution is 2.42. The predicted octanol–water partition coefficient (Wildman–Crippen LogP) is 3.08. The lowest BCUT2D eigenvalue weighted by molar-refractivity contribution is 0.0410. The molecule has 7 heteroatoms. The Morgan fingerprint density at radius 3 is 2.90 bits per heavy atom. The molecule has 1 saturated carbocycles. The summed E-state index contributed by atoms with van der Waals surface area (Å²) in [7, 11) is 0. The molecule has 2 aliphatic heterocycles. The molecule has 2 aromatic heterocycles. The highest BCUT2D eigenvalue weighted by Gasteiger charge is 2.42. The molecule has 1 aromatic carbocycles. The summed E-state index contributed by atoms with van der Waals surface area (Å²) in [5.74, 6) is 0.822. The predicted molar refractivity (Wildman–Crippen MR) is 116 cm³/mol. The van der Waals surface area contributed by atoms with Crippen molar-refractivity contribution in [3.63, 3.8) is 0 Å². The van der Waals surface area contributed by atoms with Crippen LogP contribution in [0.2, 0.25) is 0 Å². The summed E-state index contributed by atoms with van der Waals surface area (Å²) < 4.78 is 10.9. The quantitative estimate of drug-likeness (QED) is 0.640. The molecule has 0 spiro atoms.